The summed E-state index contributed by atoms with van der Waals surface area (Å²) in [5.74, 6) is 1.79. The monoisotopic (exact) mass is 554 g/mol. The van der Waals surface area contributed by atoms with E-state index in [2.05, 4.69) is 14.8 Å². The standard InChI is InChI=1S/C15H19NO3.C14H17NO4.C2H6/c1-3-7-15(8-4-1)18-11-6-2-5-10-17-13-14-9-12-19-16-14;1-2-4-14(5-3-1)18-11-10-16-8-9-17-12-13-6-7-19-15-13;1-2/h1,3-4,7-9,12H,2,5-6,10-11,13H2;1-7H,8-12H2;1-2H3. The first-order valence-corrected chi connectivity index (χ1v) is 13.8. The van der Waals surface area contributed by atoms with E-state index in [1.165, 1.54) is 6.26 Å². The van der Waals surface area contributed by atoms with Crippen LogP contribution in [0.5, 0.6) is 11.5 Å². The van der Waals surface area contributed by atoms with E-state index in [9.17, 15) is 0 Å². The Balaban J connectivity index is 0.000000264. The van der Waals surface area contributed by atoms with Gasteiger partial charge in [0.2, 0.25) is 0 Å². The van der Waals surface area contributed by atoms with Crippen molar-refractivity contribution < 1.29 is 32.7 Å². The highest BCUT2D eigenvalue weighted by Gasteiger charge is 1.98. The van der Waals surface area contributed by atoms with E-state index < -0.39 is 0 Å². The molecule has 0 saturated heterocycles. The molecule has 2 heterocycles. The Hall–Kier alpha value is -3.66. The number of para-hydroxylation sites is 2. The first-order valence-electron chi connectivity index (χ1n) is 13.8. The minimum Gasteiger partial charge on any atom is -0.494 e. The van der Waals surface area contributed by atoms with Gasteiger partial charge in [0, 0.05) is 18.7 Å². The molecular weight excluding hydrogens is 512 g/mol. The van der Waals surface area contributed by atoms with Crippen LogP contribution in [0.15, 0.2) is 94.4 Å². The van der Waals surface area contributed by atoms with Crippen LogP contribution in [-0.4, -0.2) is 50.0 Å². The summed E-state index contributed by atoms with van der Waals surface area (Å²) < 4.78 is 36.7. The highest BCUT2D eigenvalue weighted by molar-refractivity contribution is 5.21. The number of hydrogen-bond donors (Lipinski definition) is 0. The summed E-state index contributed by atoms with van der Waals surface area (Å²) in [7, 11) is 0. The van der Waals surface area contributed by atoms with E-state index in [0.717, 1.165) is 55.4 Å². The molecule has 2 aromatic heterocycles. The lowest BCUT2D eigenvalue weighted by molar-refractivity contribution is 0.0288. The molecule has 0 fully saturated rings. The van der Waals surface area contributed by atoms with Crippen LogP contribution in [0.4, 0.5) is 0 Å². The Labute approximate surface area is 237 Å². The Morgan fingerprint density at radius 1 is 0.500 bits per heavy atom. The molecule has 0 radical (unpaired) electrons. The third kappa shape index (κ3) is 16.3. The maximum Gasteiger partial charge on any atom is 0.124 e. The highest BCUT2D eigenvalue weighted by atomic mass is 16.5. The Kier molecular flexibility index (Phi) is 18.9. The number of benzene rings is 2. The maximum atomic E-state index is 5.61. The highest BCUT2D eigenvalue weighted by Crippen LogP contribution is 2.10. The first kappa shape index (κ1) is 32.6. The van der Waals surface area contributed by atoms with E-state index in [4.69, 9.17) is 28.2 Å². The lowest BCUT2D eigenvalue weighted by atomic mass is 10.2. The van der Waals surface area contributed by atoms with Gasteiger partial charge in [-0.2, -0.15) is 0 Å². The van der Waals surface area contributed by atoms with Crippen molar-refractivity contribution in [3.05, 3.63) is 96.7 Å². The lowest BCUT2D eigenvalue weighted by Gasteiger charge is -2.07. The van der Waals surface area contributed by atoms with Crippen molar-refractivity contribution >= 4 is 0 Å². The summed E-state index contributed by atoms with van der Waals surface area (Å²) in [5, 5.41) is 7.51. The number of aromatic nitrogens is 2. The number of ether oxygens (including phenoxy) is 5. The van der Waals surface area contributed by atoms with Crippen LogP contribution in [-0.2, 0) is 27.4 Å². The predicted octanol–water partition coefficient (Wildman–Crippen LogP) is 6.75. The summed E-state index contributed by atoms with van der Waals surface area (Å²) in [5.41, 5.74) is 1.62. The molecule has 4 aromatic rings. The minimum absolute atomic E-state index is 0.445. The Morgan fingerprint density at radius 2 is 0.975 bits per heavy atom. The van der Waals surface area contributed by atoms with Gasteiger partial charge in [-0.15, -0.1) is 0 Å². The van der Waals surface area contributed by atoms with Crippen LogP contribution < -0.4 is 9.47 Å². The van der Waals surface area contributed by atoms with Crippen LogP contribution in [0.2, 0.25) is 0 Å². The van der Waals surface area contributed by atoms with Crippen molar-refractivity contribution in [1.29, 1.82) is 0 Å². The van der Waals surface area contributed by atoms with Gasteiger partial charge in [-0.1, -0.05) is 60.6 Å². The quantitative estimate of drug-likeness (QED) is 0.124. The van der Waals surface area contributed by atoms with Crippen molar-refractivity contribution in [2.75, 3.05) is 39.6 Å². The molecule has 0 bridgehead atoms. The lowest BCUT2D eigenvalue weighted by Crippen LogP contribution is -2.10. The second-order valence-electron chi connectivity index (χ2n) is 8.08. The zero-order valence-corrected chi connectivity index (χ0v) is 23.6. The van der Waals surface area contributed by atoms with E-state index in [-0.39, 0.29) is 0 Å². The summed E-state index contributed by atoms with van der Waals surface area (Å²) in [4.78, 5) is 0. The fourth-order valence-corrected chi connectivity index (χ4v) is 3.12. The average Bonchev–Trinajstić information content (AvgIpc) is 3.73. The summed E-state index contributed by atoms with van der Waals surface area (Å²) >= 11 is 0. The molecule has 0 N–H and O–H groups in total. The van der Waals surface area contributed by atoms with Gasteiger partial charge in [-0.05, 0) is 43.5 Å². The van der Waals surface area contributed by atoms with Gasteiger partial charge in [0.25, 0.3) is 0 Å². The van der Waals surface area contributed by atoms with Gasteiger partial charge >= 0.3 is 0 Å². The third-order valence-corrected chi connectivity index (χ3v) is 5.04. The van der Waals surface area contributed by atoms with Crippen LogP contribution in [0.25, 0.3) is 0 Å². The van der Waals surface area contributed by atoms with Crippen molar-refractivity contribution in [3.63, 3.8) is 0 Å². The SMILES string of the molecule is CC.c1ccc(OCCCCCOCc2ccon2)cc1.c1ccc(OCCOCCOCc2ccon2)cc1. The molecule has 2 aromatic carbocycles. The topological polar surface area (TPSA) is 98.2 Å². The molecule has 0 atom stereocenters. The number of hydrogen-bond acceptors (Lipinski definition) is 9. The van der Waals surface area contributed by atoms with Gasteiger partial charge in [0.15, 0.2) is 0 Å². The Morgan fingerprint density at radius 3 is 1.52 bits per heavy atom. The molecule has 40 heavy (non-hydrogen) atoms. The smallest absolute Gasteiger partial charge is 0.124 e. The van der Waals surface area contributed by atoms with Gasteiger partial charge < -0.3 is 32.7 Å². The molecule has 0 unspecified atom stereocenters. The molecule has 0 amide bonds. The van der Waals surface area contributed by atoms with Gasteiger partial charge in [-0.25, -0.2) is 0 Å². The van der Waals surface area contributed by atoms with Crippen LogP contribution in [0.3, 0.4) is 0 Å². The van der Waals surface area contributed by atoms with Crippen molar-refractivity contribution in [2.45, 2.75) is 46.3 Å². The van der Waals surface area contributed by atoms with E-state index in [1.807, 2.05) is 80.6 Å². The molecule has 0 spiro atoms. The zero-order valence-electron chi connectivity index (χ0n) is 23.6. The summed E-state index contributed by atoms with van der Waals surface area (Å²) in [6.45, 7) is 8.62. The largest absolute Gasteiger partial charge is 0.494 e. The molecule has 0 aliphatic heterocycles. The fraction of sp³-hybridized carbons (Fsp3) is 0.419. The van der Waals surface area contributed by atoms with Crippen LogP contribution >= 0.6 is 0 Å². The maximum absolute atomic E-state index is 5.61. The normalized spacial score (nSPS) is 10.2. The van der Waals surface area contributed by atoms with E-state index >= 15 is 0 Å². The predicted molar refractivity (Wildman–Crippen MR) is 152 cm³/mol. The van der Waals surface area contributed by atoms with Crippen LogP contribution in [0, 0.1) is 0 Å². The summed E-state index contributed by atoms with van der Waals surface area (Å²) in [6.07, 6.45) is 6.26. The van der Waals surface area contributed by atoms with Crippen LogP contribution in [0.1, 0.15) is 44.5 Å². The summed E-state index contributed by atoms with van der Waals surface area (Å²) in [6, 6.07) is 23.1. The van der Waals surface area contributed by atoms with Gasteiger partial charge in [0.1, 0.15) is 42.0 Å². The number of rotatable bonds is 18. The third-order valence-electron chi connectivity index (χ3n) is 5.04. The minimum atomic E-state index is 0.445. The molecule has 218 valence electrons. The molecule has 0 aliphatic rings. The second kappa shape index (κ2) is 23.2. The molecule has 0 aliphatic carbocycles. The van der Waals surface area contributed by atoms with Gasteiger partial charge in [-0.3, -0.25) is 0 Å². The van der Waals surface area contributed by atoms with E-state index in [1.54, 1.807) is 12.3 Å². The molecule has 9 nitrogen and oxygen atoms in total. The molecule has 4 rings (SSSR count). The number of nitrogens with zero attached hydrogens (tertiary/aromatic N) is 2. The average molecular weight is 555 g/mol. The fourth-order valence-electron chi connectivity index (χ4n) is 3.12. The van der Waals surface area contributed by atoms with E-state index in [0.29, 0.717) is 39.6 Å². The van der Waals surface area contributed by atoms with Gasteiger partial charge in [0.05, 0.1) is 39.6 Å². The second-order valence-corrected chi connectivity index (χ2v) is 8.08. The Bertz CT molecular complexity index is 945. The van der Waals surface area contributed by atoms with Crippen molar-refractivity contribution in [2.24, 2.45) is 0 Å². The molecule has 0 saturated carbocycles. The number of unbranched alkanes of at least 4 members (excludes halogenated alkanes) is 2. The van der Waals surface area contributed by atoms with Crippen molar-refractivity contribution in [3.8, 4) is 11.5 Å². The van der Waals surface area contributed by atoms with Crippen molar-refractivity contribution in [1.82, 2.24) is 10.3 Å². The first-order chi connectivity index (χ1) is 19.9. The zero-order chi connectivity index (χ0) is 28.4. The molecule has 9 heteroatoms. The molecular formula is C31H42N2O7.